The molecule has 58 heavy (non-hydrogen) atoms. The zero-order valence-electron chi connectivity index (χ0n) is 31.3. The van der Waals surface area contributed by atoms with Gasteiger partial charge in [-0.05, 0) is 97.7 Å². The number of nitrogens with zero attached hydrogens (tertiary/aromatic N) is 4. The zero-order chi connectivity index (χ0) is 37.9. The summed E-state index contributed by atoms with van der Waals surface area (Å²) in [6.45, 7) is 0. The van der Waals surface area contributed by atoms with E-state index in [1.165, 1.54) is 70.3 Å². The molecule has 13 rings (SSSR count). The van der Waals surface area contributed by atoms with Gasteiger partial charge in [-0.15, -0.1) is 0 Å². The molecule has 0 spiro atoms. The van der Waals surface area contributed by atoms with Gasteiger partial charge in [0.1, 0.15) is 0 Å². The fourth-order valence-corrected chi connectivity index (χ4v) is 9.69. The highest BCUT2D eigenvalue weighted by Crippen LogP contribution is 2.41. The lowest BCUT2D eigenvalue weighted by molar-refractivity contribution is 1.01. The Kier molecular flexibility index (Phi) is 6.41. The largest absolute Gasteiger partial charge is 0.309 e. The number of hydrogen-bond donors (Lipinski definition) is 0. The molecule has 0 unspecified atom stereocenters. The minimum absolute atomic E-state index is 0.658. The van der Waals surface area contributed by atoms with Gasteiger partial charge in [0.2, 0.25) is 5.95 Å². The van der Waals surface area contributed by atoms with E-state index in [0.29, 0.717) is 5.95 Å². The van der Waals surface area contributed by atoms with Crippen LogP contribution >= 0.6 is 0 Å². The molecule has 0 N–H and O–H groups in total. The molecule has 3 aromatic heterocycles. The van der Waals surface area contributed by atoms with E-state index in [9.17, 15) is 0 Å². The average Bonchev–Trinajstić information content (AvgIpc) is 3.80. The van der Waals surface area contributed by atoms with Crippen molar-refractivity contribution in [1.82, 2.24) is 19.1 Å². The summed E-state index contributed by atoms with van der Waals surface area (Å²) in [5, 5.41) is 15.6. The lowest BCUT2D eigenvalue weighted by Crippen LogP contribution is -2.03. The molecule has 13 aromatic rings. The second-order valence-corrected chi connectivity index (χ2v) is 15.4. The minimum atomic E-state index is 0.658. The van der Waals surface area contributed by atoms with Crippen LogP contribution in [0.2, 0.25) is 0 Å². The molecule has 0 aliphatic rings. The van der Waals surface area contributed by atoms with Crippen LogP contribution in [-0.4, -0.2) is 19.1 Å². The summed E-state index contributed by atoms with van der Waals surface area (Å²) in [6.07, 6.45) is 0. The maximum atomic E-state index is 5.53. The van der Waals surface area contributed by atoms with Crippen molar-refractivity contribution in [3.63, 3.8) is 0 Å². The van der Waals surface area contributed by atoms with Crippen LogP contribution in [0.25, 0.3) is 120 Å². The summed E-state index contributed by atoms with van der Waals surface area (Å²) in [7, 11) is 0. The van der Waals surface area contributed by atoms with Crippen molar-refractivity contribution in [1.29, 1.82) is 0 Å². The van der Waals surface area contributed by atoms with Gasteiger partial charge in [-0.25, -0.2) is 9.97 Å². The van der Waals surface area contributed by atoms with Crippen molar-refractivity contribution < 1.29 is 0 Å². The molecule has 0 aliphatic carbocycles. The molecule has 4 heteroatoms. The Labute approximate surface area is 332 Å². The van der Waals surface area contributed by atoms with Crippen LogP contribution < -0.4 is 0 Å². The van der Waals surface area contributed by atoms with E-state index >= 15 is 0 Å². The number of aromatic nitrogens is 4. The Morgan fingerprint density at radius 2 is 0.948 bits per heavy atom. The Hall–Kier alpha value is -7.82. The van der Waals surface area contributed by atoms with Crippen molar-refractivity contribution in [2.75, 3.05) is 0 Å². The molecule has 0 fully saturated rings. The normalized spacial score (nSPS) is 12.1. The van der Waals surface area contributed by atoms with Crippen LogP contribution in [-0.2, 0) is 0 Å². The number of rotatable bonds is 3. The second-order valence-electron chi connectivity index (χ2n) is 15.4. The maximum absolute atomic E-state index is 5.53. The Morgan fingerprint density at radius 3 is 1.79 bits per heavy atom. The fourth-order valence-electron chi connectivity index (χ4n) is 9.69. The SMILES string of the molecule is c1ccc2c(c1)cc(-c1nc(-n3c4ccccc4c4cc5cc(-n6c7ccccc7c7c8ccccc8ccc76)ccc5cc43)nc3ccccc13)c1ccccc12. The predicted molar refractivity (Wildman–Crippen MR) is 244 cm³/mol. The van der Waals surface area contributed by atoms with Crippen molar-refractivity contribution >= 4 is 97.6 Å². The molecule has 10 aromatic carbocycles. The van der Waals surface area contributed by atoms with Gasteiger partial charge in [0.15, 0.2) is 0 Å². The van der Waals surface area contributed by atoms with E-state index in [4.69, 9.17) is 9.97 Å². The highest BCUT2D eigenvalue weighted by atomic mass is 15.2. The van der Waals surface area contributed by atoms with Gasteiger partial charge in [-0.2, -0.15) is 0 Å². The Morgan fingerprint density at radius 1 is 0.310 bits per heavy atom. The lowest BCUT2D eigenvalue weighted by Gasteiger charge is -2.15. The van der Waals surface area contributed by atoms with E-state index in [-0.39, 0.29) is 0 Å². The van der Waals surface area contributed by atoms with Crippen molar-refractivity contribution in [3.8, 4) is 22.9 Å². The first kappa shape index (κ1) is 31.4. The lowest BCUT2D eigenvalue weighted by atomic mass is 9.94. The highest BCUT2D eigenvalue weighted by Gasteiger charge is 2.20. The van der Waals surface area contributed by atoms with Crippen LogP contribution in [0.1, 0.15) is 0 Å². The van der Waals surface area contributed by atoms with Gasteiger partial charge in [0.25, 0.3) is 0 Å². The van der Waals surface area contributed by atoms with Gasteiger partial charge in [-0.1, -0.05) is 140 Å². The third kappa shape index (κ3) is 4.40. The summed E-state index contributed by atoms with van der Waals surface area (Å²) < 4.78 is 4.68. The van der Waals surface area contributed by atoms with Gasteiger partial charge in [0.05, 0.1) is 33.3 Å². The molecule has 3 heterocycles. The van der Waals surface area contributed by atoms with Gasteiger partial charge < -0.3 is 4.57 Å². The Bertz CT molecular complexity index is 3870. The smallest absolute Gasteiger partial charge is 0.235 e. The van der Waals surface area contributed by atoms with E-state index in [2.05, 4.69) is 203 Å². The third-order valence-electron chi connectivity index (χ3n) is 12.2. The molecule has 0 bridgehead atoms. The molecular formula is C54H32N4. The number of benzene rings is 10. The molecule has 0 atom stereocenters. The van der Waals surface area contributed by atoms with Gasteiger partial charge in [-0.3, -0.25) is 4.57 Å². The topological polar surface area (TPSA) is 35.6 Å². The monoisotopic (exact) mass is 736 g/mol. The summed E-state index contributed by atoms with van der Waals surface area (Å²) in [5.74, 6) is 0.658. The quantitative estimate of drug-likeness (QED) is 0.169. The second kappa shape index (κ2) is 11.8. The molecule has 0 radical (unpaired) electrons. The number of fused-ring (bicyclic) bond motifs is 13. The first-order valence-corrected chi connectivity index (χ1v) is 19.8. The van der Waals surface area contributed by atoms with Gasteiger partial charge >= 0.3 is 0 Å². The molecule has 0 aliphatic heterocycles. The average molecular weight is 737 g/mol. The standard InChI is InChI=1S/C54H32N4/c1-4-16-39-33(13-1)26-28-50-52(39)44-21-9-12-24-49(44)57(50)37-27-25-34-32-51-45(31-36(34)29-37)42-19-8-11-23-48(42)58(51)54-55-47-22-10-7-20-43(47)53(56-54)46-30-35-14-2-3-15-38(35)40-17-5-6-18-41(40)46/h1-32H. The summed E-state index contributed by atoms with van der Waals surface area (Å²) in [6, 6.07) is 70.2. The van der Waals surface area contributed by atoms with Crippen molar-refractivity contribution in [2.45, 2.75) is 0 Å². The number of para-hydroxylation sites is 3. The van der Waals surface area contributed by atoms with Crippen LogP contribution in [0.3, 0.4) is 0 Å². The van der Waals surface area contributed by atoms with Gasteiger partial charge in [0, 0.05) is 38.2 Å². The van der Waals surface area contributed by atoms with Crippen molar-refractivity contribution in [3.05, 3.63) is 194 Å². The third-order valence-corrected chi connectivity index (χ3v) is 12.2. The molecule has 4 nitrogen and oxygen atoms in total. The molecule has 0 saturated carbocycles. The summed E-state index contributed by atoms with van der Waals surface area (Å²) in [4.78, 5) is 10.8. The summed E-state index contributed by atoms with van der Waals surface area (Å²) >= 11 is 0. The molecule has 268 valence electrons. The van der Waals surface area contributed by atoms with Crippen LogP contribution in [0.15, 0.2) is 194 Å². The first-order chi connectivity index (χ1) is 28.8. The van der Waals surface area contributed by atoms with E-state index in [0.717, 1.165) is 44.3 Å². The summed E-state index contributed by atoms with van der Waals surface area (Å²) in [5.41, 5.74) is 8.65. The Balaban J connectivity index is 1.06. The molecular weight excluding hydrogens is 705 g/mol. The van der Waals surface area contributed by atoms with Crippen LogP contribution in [0.5, 0.6) is 0 Å². The van der Waals surface area contributed by atoms with Crippen LogP contribution in [0.4, 0.5) is 0 Å². The van der Waals surface area contributed by atoms with Crippen LogP contribution in [0, 0.1) is 0 Å². The zero-order valence-corrected chi connectivity index (χ0v) is 31.3. The van der Waals surface area contributed by atoms with E-state index in [1.54, 1.807) is 0 Å². The predicted octanol–water partition coefficient (Wildman–Crippen LogP) is 14.1. The number of hydrogen-bond acceptors (Lipinski definition) is 2. The van der Waals surface area contributed by atoms with E-state index in [1.807, 2.05) is 0 Å². The molecule has 0 saturated heterocycles. The minimum Gasteiger partial charge on any atom is -0.309 e. The van der Waals surface area contributed by atoms with Crippen molar-refractivity contribution in [2.24, 2.45) is 0 Å². The maximum Gasteiger partial charge on any atom is 0.235 e. The fraction of sp³-hybridized carbons (Fsp3) is 0. The molecule has 0 amide bonds. The highest BCUT2D eigenvalue weighted by molar-refractivity contribution is 6.22. The van der Waals surface area contributed by atoms with E-state index < -0.39 is 0 Å². The first-order valence-electron chi connectivity index (χ1n) is 19.8.